The molecule has 3 heteroatoms. The molecule has 0 aliphatic carbocycles. The summed E-state index contributed by atoms with van der Waals surface area (Å²) in [7, 11) is 0. The number of hydrogen-bond acceptors (Lipinski definition) is 1. The smallest absolute Gasteiger partial charge is 0.151 e. The molecule has 1 aromatic rings. The number of nitrogens with zero attached hydrogens (tertiary/aromatic N) is 1. The maximum atomic E-state index is 10.2. The van der Waals surface area contributed by atoms with E-state index in [0.29, 0.717) is 11.4 Å². The first-order valence-corrected chi connectivity index (χ1v) is 3.57. The molecule has 2 nitrogen and oxygen atoms in total. The Kier molecular flexibility index (Phi) is 2.51. The summed E-state index contributed by atoms with van der Waals surface area (Å²) in [6, 6.07) is 1.76. The Hall–Kier alpha value is -0.760. The van der Waals surface area contributed by atoms with Gasteiger partial charge in [-0.25, -0.2) is 0 Å². The molecule has 0 bridgehead atoms. The monoisotopic (exact) mass is 157 g/mol. The van der Waals surface area contributed by atoms with Crippen molar-refractivity contribution in [3.63, 3.8) is 0 Å². The second-order valence-electron chi connectivity index (χ2n) is 1.99. The fourth-order valence-electron chi connectivity index (χ4n) is 0.766. The SMILES string of the molecule is O=Cc1ccn(CCCl)c1. The molecule has 0 radical (unpaired) electrons. The minimum atomic E-state index is 0.576. The average Bonchev–Trinajstić information content (AvgIpc) is 2.37. The third kappa shape index (κ3) is 1.61. The first kappa shape index (κ1) is 7.35. The van der Waals surface area contributed by atoms with Crippen LogP contribution in [0.3, 0.4) is 0 Å². The molecule has 0 spiro atoms. The van der Waals surface area contributed by atoms with Crippen molar-refractivity contribution in [1.29, 1.82) is 0 Å². The molecule has 0 aromatic carbocycles. The molecule has 0 atom stereocenters. The van der Waals surface area contributed by atoms with Crippen molar-refractivity contribution in [3.8, 4) is 0 Å². The van der Waals surface area contributed by atoms with Gasteiger partial charge >= 0.3 is 0 Å². The van der Waals surface area contributed by atoms with E-state index in [4.69, 9.17) is 11.6 Å². The summed E-state index contributed by atoms with van der Waals surface area (Å²) in [5, 5.41) is 0. The number of hydrogen-bond donors (Lipinski definition) is 0. The van der Waals surface area contributed by atoms with Gasteiger partial charge in [-0.3, -0.25) is 4.79 Å². The quantitative estimate of drug-likeness (QED) is 0.482. The standard InChI is InChI=1S/C7H8ClNO/c8-2-4-9-3-1-7(5-9)6-10/h1,3,5-6H,2,4H2. The van der Waals surface area contributed by atoms with E-state index in [-0.39, 0.29) is 0 Å². The summed E-state index contributed by atoms with van der Waals surface area (Å²) in [4.78, 5) is 10.2. The van der Waals surface area contributed by atoms with Crippen molar-refractivity contribution in [2.45, 2.75) is 6.54 Å². The van der Waals surface area contributed by atoms with Crippen LogP contribution in [-0.2, 0) is 6.54 Å². The lowest BCUT2D eigenvalue weighted by Crippen LogP contribution is -1.93. The number of aryl methyl sites for hydroxylation is 1. The number of aldehydes is 1. The van der Waals surface area contributed by atoms with Crippen LogP contribution >= 0.6 is 11.6 Å². The van der Waals surface area contributed by atoms with Gasteiger partial charge in [0.25, 0.3) is 0 Å². The molecule has 0 unspecified atom stereocenters. The van der Waals surface area contributed by atoms with E-state index in [9.17, 15) is 4.79 Å². The molecular formula is C7H8ClNO. The van der Waals surface area contributed by atoms with Gasteiger partial charge in [-0.05, 0) is 6.07 Å². The van der Waals surface area contributed by atoms with Crippen LogP contribution in [0.4, 0.5) is 0 Å². The van der Waals surface area contributed by atoms with Gasteiger partial charge in [0.05, 0.1) is 0 Å². The molecule has 0 saturated carbocycles. The molecule has 1 rings (SSSR count). The molecule has 1 heterocycles. The summed E-state index contributed by atoms with van der Waals surface area (Å²) in [5.41, 5.74) is 0.699. The Morgan fingerprint density at radius 3 is 3.00 bits per heavy atom. The van der Waals surface area contributed by atoms with Crippen LogP contribution in [0, 0.1) is 0 Å². The Balaban J connectivity index is 2.68. The van der Waals surface area contributed by atoms with Crippen LogP contribution in [0.5, 0.6) is 0 Å². The fraction of sp³-hybridized carbons (Fsp3) is 0.286. The largest absolute Gasteiger partial charge is 0.352 e. The summed E-state index contributed by atoms with van der Waals surface area (Å²) in [5.74, 6) is 0.576. The van der Waals surface area contributed by atoms with Crippen molar-refractivity contribution in [2.24, 2.45) is 0 Å². The van der Waals surface area contributed by atoms with Crippen molar-refractivity contribution in [3.05, 3.63) is 24.0 Å². The van der Waals surface area contributed by atoms with Gasteiger partial charge in [0.15, 0.2) is 6.29 Å². The van der Waals surface area contributed by atoms with E-state index in [1.54, 1.807) is 12.3 Å². The molecule has 0 fully saturated rings. The van der Waals surface area contributed by atoms with Crippen LogP contribution < -0.4 is 0 Å². The van der Waals surface area contributed by atoms with E-state index in [1.165, 1.54) is 0 Å². The number of carbonyl (C=O) groups is 1. The summed E-state index contributed by atoms with van der Waals surface area (Å²) in [6.45, 7) is 0.759. The number of aromatic nitrogens is 1. The maximum absolute atomic E-state index is 10.2. The molecule has 10 heavy (non-hydrogen) atoms. The van der Waals surface area contributed by atoms with E-state index in [1.807, 2.05) is 10.8 Å². The Morgan fingerprint density at radius 1 is 1.70 bits per heavy atom. The lowest BCUT2D eigenvalue weighted by Gasteiger charge is -1.94. The van der Waals surface area contributed by atoms with Crippen molar-refractivity contribution < 1.29 is 4.79 Å². The van der Waals surface area contributed by atoms with E-state index in [0.717, 1.165) is 12.8 Å². The van der Waals surface area contributed by atoms with E-state index in [2.05, 4.69) is 0 Å². The summed E-state index contributed by atoms with van der Waals surface area (Å²) >= 11 is 5.48. The van der Waals surface area contributed by atoms with Crippen LogP contribution in [0.15, 0.2) is 18.5 Å². The predicted octanol–water partition coefficient (Wildman–Crippen LogP) is 1.54. The van der Waals surface area contributed by atoms with Crippen LogP contribution in [0.1, 0.15) is 10.4 Å². The van der Waals surface area contributed by atoms with Gasteiger partial charge in [-0.15, -0.1) is 11.6 Å². The minimum absolute atomic E-state index is 0.576. The highest BCUT2D eigenvalue weighted by atomic mass is 35.5. The maximum Gasteiger partial charge on any atom is 0.151 e. The zero-order valence-corrected chi connectivity index (χ0v) is 6.21. The topological polar surface area (TPSA) is 22.0 Å². The van der Waals surface area contributed by atoms with Gasteiger partial charge in [-0.1, -0.05) is 0 Å². The normalized spacial score (nSPS) is 9.70. The zero-order chi connectivity index (χ0) is 7.40. The van der Waals surface area contributed by atoms with Gasteiger partial charge in [0.2, 0.25) is 0 Å². The van der Waals surface area contributed by atoms with Crippen LogP contribution in [-0.4, -0.2) is 16.7 Å². The highest BCUT2D eigenvalue weighted by molar-refractivity contribution is 6.17. The van der Waals surface area contributed by atoms with Crippen molar-refractivity contribution in [2.75, 3.05) is 5.88 Å². The lowest BCUT2D eigenvalue weighted by atomic mass is 10.4. The van der Waals surface area contributed by atoms with Crippen LogP contribution in [0.25, 0.3) is 0 Å². The summed E-state index contributed by atoms with van der Waals surface area (Å²) in [6.07, 6.45) is 4.44. The van der Waals surface area contributed by atoms with Gasteiger partial charge < -0.3 is 4.57 Å². The van der Waals surface area contributed by atoms with E-state index < -0.39 is 0 Å². The average molecular weight is 158 g/mol. The lowest BCUT2D eigenvalue weighted by molar-refractivity contribution is 0.112. The highest BCUT2D eigenvalue weighted by Gasteiger charge is 1.92. The first-order valence-electron chi connectivity index (χ1n) is 3.03. The highest BCUT2D eigenvalue weighted by Crippen LogP contribution is 1.97. The minimum Gasteiger partial charge on any atom is -0.352 e. The molecule has 0 amide bonds. The van der Waals surface area contributed by atoms with Crippen molar-refractivity contribution >= 4 is 17.9 Å². The Labute approximate surface area is 64.4 Å². The van der Waals surface area contributed by atoms with Crippen LogP contribution in [0.2, 0.25) is 0 Å². The number of alkyl halides is 1. The molecule has 0 saturated heterocycles. The third-order valence-electron chi connectivity index (χ3n) is 1.25. The summed E-state index contributed by atoms with van der Waals surface area (Å²) < 4.78 is 1.89. The second kappa shape index (κ2) is 3.42. The fourth-order valence-corrected chi connectivity index (χ4v) is 0.961. The van der Waals surface area contributed by atoms with Gasteiger partial charge in [0, 0.05) is 30.4 Å². The zero-order valence-electron chi connectivity index (χ0n) is 5.46. The molecule has 0 aliphatic rings. The number of rotatable bonds is 3. The van der Waals surface area contributed by atoms with Crippen molar-refractivity contribution in [1.82, 2.24) is 4.57 Å². The molecule has 54 valence electrons. The Bertz CT molecular complexity index is 219. The molecular weight excluding hydrogens is 150 g/mol. The van der Waals surface area contributed by atoms with Gasteiger partial charge in [0.1, 0.15) is 0 Å². The number of halogens is 1. The molecule has 0 N–H and O–H groups in total. The molecule has 1 aromatic heterocycles. The molecule has 0 aliphatic heterocycles. The number of carbonyl (C=O) groups excluding carboxylic acids is 1. The Morgan fingerprint density at radius 2 is 2.50 bits per heavy atom. The first-order chi connectivity index (χ1) is 4.86. The second-order valence-corrected chi connectivity index (χ2v) is 2.37. The third-order valence-corrected chi connectivity index (χ3v) is 1.42. The van der Waals surface area contributed by atoms with E-state index >= 15 is 0 Å². The van der Waals surface area contributed by atoms with Gasteiger partial charge in [-0.2, -0.15) is 0 Å². The predicted molar refractivity (Wildman–Crippen MR) is 40.5 cm³/mol.